The number of hydrogen-bond donors (Lipinski definition) is 4. The van der Waals surface area contributed by atoms with Gasteiger partial charge in [-0.15, -0.1) is 6.58 Å². The summed E-state index contributed by atoms with van der Waals surface area (Å²) in [6.07, 6.45) is 2.62. The summed E-state index contributed by atoms with van der Waals surface area (Å²) in [5.74, 6) is 1.66. The molecule has 1 aliphatic carbocycles. The minimum atomic E-state index is -1.22. The first kappa shape index (κ1) is 39.4. The van der Waals surface area contributed by atoms with Crippen LogP contribution in [0, 0.1) is 11.8 Å². The molecule has 5 aromatic rings. The molecule has 0 saturated carbocycles. The van der Waals surface area contributed by atoms with Crippen molar-refractivity contribution in [2.45, 2.75) is 68.7 Å². The van der Waals surface area contributed by atoms with Crippen LogP contribution >= 0.6 is 0 Å². The van der Waals surface area contributed by atoms with Crippen molar-refractivity contribution in [3.8, 4) is 11.8 Å². The van der Waals surface area contributed by atoms with Crippen LogP contribution in [0.5, 0.6) is 11.8 Å². The van der Waals surface area contributed by atoms with Gasteiger partial charge >= 0.3 is 0 Å². The molecule has 2 aliphatic heterocycles. The molecular formula is C42H50N4O10. The van der Waals surface area contributed by atoms with Gasteiger partial charge in [-0.25, -0.2) is 0 Å². The van der Waals surface area contributed by atoms with Crippen LogP contribution < -0.4 is 9.47 Å². The summed E-state index contributed by atoms with van der Waals surface area (Å²) in [6.45, 7) is 4.17. The van der Waals surface area contributed by atoms with Crippen molar-refractivity contribution in [2.75, 3.05) is 34.8 Å². The van der Waals surface area contributed by atoms with E-state index in [-0.39, 0.29) is 61.5 Å². The number of rotatable bonds is 14. The van der Waals surface area contributed by atoms with Gasteiger partial charge in [-0.2, -0.15) is 0 Å². The third-order valence-electron chi connectivity index (χ3n) is 11.2. The van der Waals surface area contributed by atoms with Crippen LogP contribution in [0.15, 0.2) is 99.1 Å². The van der Waals surface area contributed by atoms with E-state index in [1.165, 1.54) is 6.26 Å². The van der Waals surface area contributed by atoms with E-state index in [0.29, 0.717) is 40.7 Å². The van der Waals surface area contributed by atoms with Gasteiger partial charge in [0.2, 0.25) is 0 Å². The van der Waals surface area contributed by atoms with E-state index in [2.05, 4.69) is 21.8 Å². The predicted octanol–water partition coefficient (Wildman–Crippen LogP) is 5.27. The molecule has 2 aromatic carbocycles. The summed E-state index contributed by atoms with van der Waals surface area (Å²) in [5, 5.41) is 50.2. The van der Waals surface area contributed by atoms with Gasteiger partial charge in [0.05, 0.1) is 42.2 Å². The van der Waals surface area contributed by atoms with E-state index in [1.54, 1.807) is 12.1 Å². The monoisotopic (exact) mass is 770 g/mol. The van der Waals surface area contributed by atoms with Crippen LogP contribution in [-0.4, -0.2) is 87.0 Å². The first-order valence-corrected chi connectivity index (χ1v) is 18.7. The number of benzene rings is 2. The second kappa shape index (κ2) is 16.7. The Morgan fingerprint density at radius 1 is 0.893 bits per heavy atom. The molecule has 0 amide bonds. The average molecular weight is 771 g/mol. The Bertz CT molecular complexity index is 2050. The van der Waals surface area contributed by atoms with Gasteiger partial charge in [0.25, 0.3) is 11.8 Å². The first-order chi connectivity index (χ1) is 27.1. The number of hydrogen-bond acceptors (Lipinski definition) is 14. The number of likely N-dealkylation sites (N-methyl/N-ethyl adjacent to an activating group) is 1. The number of aliphatic hydroxyl groups is 4. The third-order valence-corrected chi connectivity index (χ3v) is 11.2. The molecular weight excluding hydrogens is 720 g/mol. The van der Waals surface area contributed by atoms with Crippen LogP contribution in [0.3, 0.4) is 0 Å². The van der Waals surface area contributed by atoms with E-state index in [0.717, 1.165) is 24.0 Å². The van der Waals surface area contributed by atoms with E-state index < -0.39 is 17.8 Å². The van der Waals surface area contributed by atoms with Crippen LogP contribution in [0.1, 0.15) is 82.2 Å². The van der Waals surface area contributed by atoms with Gasteiger partial charge in [0.15, 0.2) is 11.5 Å². The lowest BCUT2D eigenvalue weighted by Gasteiger charge is -2.49. The Morgan fingerprint density at radius 2 is 1.54 bits per heavy atom. The van der Waals surface area contributed by atoms with Crippen molar-refractivity contribution in [3.05, 3.63) is 131 Å². The summed E-state index contributed by atoms with van der Waals surface area (Å²) in [6, 6.07) is 20.6. The summed E-state index contributed by atoms with van der Waals surface area (Å²) < 4.78 is 34.8. The zero-order valence-electron chi connectivity index (χ0n) is 32.0. The normalized spacial score (nSPS) is 24.6. The molecule has 2 saturated heterocycles. The van der Waals surface area contributed by atoms with Crippen molar-refractivity contribution in [1.82, 2.24) is 20.1 Å². The molecule has 5 heterocycles. The number of nitrogens with zero attached hydrogens (tertiary/aromatic N) is 4. The predicted molar refractivity (Wildman–Crippen MR) is 202 cm³/mol. The lowest BCUT2D eigenvalue weighted by Crippen LogP contribution is -2.55. The summed E-state index contributed by atoms with van der Waals surface area (Å²) in [5.41, 5.74) is 2.53. The van der Waals surface area contributed by atoms with Crippen LogP contribution in [0.4, 0.5) is 0 Å². The van der Waals surface area contributed by atoms with Crippen LogP contribution in [0.2, 0.25) is 0 Å². The molecule has 4 N–H and O–H groups in total. The zero-order valence-corrected chi connectivity index (χ0v) is 32.0. The molecule has 3 unspecified atom stereocenters. The molecule has 0 radical (unpaired) electrons. The molecule has 2 fully saturated rings. The number of aromatic nitrogens is 2. The van der Waals surface area contributed by atoms with Gasteiger partial charge in [0, 0.05) is 24.0 Å². The molecule has 2 bridgehead atoms. The molecule has 3 aliphatic rings. The van der Waals surface area contributed by atoms with Crippen molar-refractivity contribution < 1.29 is 48.1 Å². The molecule has 8 atom stereocenters. The Morgan fingerprint density at radius 3 is 2.12 bits per heavy atom. The Balaban J connectivity index is 0.000000172. The topological polar surface area (TPSA) is 180 Å². The van der Waals surface area contributed by atoms with Gasteiger partial charge in [-0.1, -0.05) is 66.7 Å². The minimum absolute atomic E-state index is 0.00890. The number of furan rings is 1. The lowest BCUT2D eigenvalue weighted by molar-refractivity contribution is -0.154. The van der Waals surface area contributed by atoms with Crippen molar-refractivity contribution in [3.63, 3.8) is 0 Å². The maximum absolute atomic E-state index is 11.4. The first-order valence-electron chi connectivity index (χ1n) is 18.7. The quantitative estimate of drug-likeness (QED) is 0.107. The standard InChI is InChI=1S/C21H26N2O5.C21H24N2O5/c1-23(2)17-15-9-14-8-13(10-24)21(15,27-14)19(25)16-18(17)28-22-20(16)26-11-12-6-4-3-5-7-12;1-4-16(23(2)3)20-17(18(25)19-15(12-24)10-11-26-19)21(22-28-20)27-13-14-8-6-5-7-9-14/h3-7,13-15,17,19,24-25H,8-11H2,1-2H3;4-11,16,18,24-25H,1,12-13H2,2-3H3/t13?,14-,15-,17-,19?,21+;16-,18?/m00/s1. The van der Waals surface area contributed by atoms with Crippen LogP contribution in [0.25, 0.3) is 0 Å². The van der Waals surface area contributed by atoms with Gasteiger partial charge in [-0.3, -0.25) is 9.80 Å². The maximum atomic E-state index is 11.4. The Labute approximate surface area is 325 Å². The van der Waals surface area contributed by atoms with Crippen molar-refractivity contribution in [1.29, 1.82) is 0 Å². The highest BCUT2D eigenvalue weighted by atomic mass is 16.6. The molecule has 298 valence electrons. The van der Waals surface area contributed by atoms with Crippen molar-refractivity contribution >= 4 is 0 Å². The fourth-order valence-corrected chi connectivity index (χ4v) is 8.60. The second-order valence-electron chi connectivity index (χ2n) is 15.0. The maximum Gasteiger partial charge on any atom is 0.261 e. The highest BCUT2D eigenvalue weighted by Crippen LogP contribution is 2.65. The van der Waals surface area contributed by atoms with E-state index in [1.807, 2.05) is 93.8 Å². The minimum Gasteiger partial charge on any atom is -0.470 e. The van der Waals surface area contributed by atoms with Gasteiger partial charge in [0.1, 0.15) is 36.8 Å². The highest BCUT2D eigenvalue weighted by Gasteiger charge is 2.69. The highest BCUT2D eigenvalue weighted by molar-refractivity contribution is 5.42. The largest absolute Gasteiger partial charge is 0.470 e. The third kappa shape index (κ3) is 7.18. The van der Waals surface area contributed by atoms with E-state index >= 15 is 0 Å². The zero-order chi connectivity index (χ0) is 39.6. The Hall–Kier alpha value is -4.80. The molecule has 56 heavy (non-hydrogen) atoms. The fourth-order valence-electron chi connectivity index (χ4n) is 8.60. The summed E-state index contributed by atoms with van der Waals surface area (Å²) >= 11 is 0. The molecule has 3 aromatic heterocycles. The van der Waals surface area contributed by atoms with E-state index in [9.17, 15) is 20.4 Å². The molecule has 8 rings (SSSR count). The SMILES string of the molecule is C=C[C@@H](c1onc(OCc2ccccc2)c1C(O)c1occc1CO)N(C)C.CN(C)[C@@H]1c2onc(OCc3ccccc3)c2C(O)[C@@]23O[C@@H](CC2CO)C[C@@H]13. The van der Waals surface area contributed by atoms with Crippen LogP contribution in [-0.2, 0) is 24.6 Å². The van der Waals surface area contributed by atoms with Crippen molar-refractivity contribution in [2.24, 2.45) is 11.8 Å². The number of fused-ring (bicyclic) bond motifs is 2. The molecule has 14 heteroatoms. The average Bonchev–Trinajstić information content (AvgIpc) is 4.05. The van der Waals surface area contributed by atoms with Gasteiger partial charge in [-0.05, 0) is 68.5 Å². The number of aliphatic hydroxyl groups excluding tert-OH is 4. The number of ether oxygens (including phenoxy) is 3. The summed E-state index contributed by atoms with van der Waals surface area (Å²) in [4.78, 5) is 3.96. The summed E-state index contributed by atoms with van der Waals surface area (Å²) in [7, 11) is 7.71. The fraction of sp³-hybridized carbons (Fsp3) is 0.429. The molecule has 14 nitrogen and oxygen atoms in total. The smallest absolute Gasteiger partial charge is 0.261 e. The molecule has 1 spiro atoms. The van der Waals surface area contributed by atoms with E-state index in [4.69, 9.17) is 27.7 Å². The Kier molecular flexibility index (Phi) is 11.8. The second-order valence-corrected chi connectivity index (χ2v) is 15.0. The lowest BCUT2D eigenvalue weighted by atomic mass is 9.61. The van der Waals surface area contributed by atoms with Gasteiger partial charge < -0.3 is 48.1 Å².